The number of amides is 2. The Labute approximate surface area is 164 Å². The molecule has 0 spiro atoms. The minimum absolute atomic E-state index is 0.192. The van der Waals surface area contributed by atoms with Crippen LogP contribution in [0, 0.1) is 0 Å². The Hall–Kier alpha value is -2.68. The molecule has 0 radical (unpaired) electrons. The first-order valence-electron chi connectivity index (χ1n) is 8.11. The molecule has 1 unspecified atom stereocenters. The minimum atomic E-state index is -0.633. The topological polar surface area (TPSA) is 87.7 Å². The highest BCUT2D eigenvalue weighted by Gasteiger charge is 2.17. The third kappa shape index (κ3) is 4.19. The Morgan fingerprint density at radius 3 is 2.41 bits per heavy atom. The van der Waals surface area contributed by atoms with Crippen molar-refractivity contribution < 1.29 is 19.5 Å². The number of carbonyl (C=O) groups is 2. The molecule has 0 aliphatic heterocycles. The first kappa shape index (κ1) is 19.1. The molecular formula is C19H18N2O4S2. The molecule has 0 fully saturated rings. The van der Waals surface area contributed by atoms with Crippen molar-refractivity contribution in [3.05, 3.63) is 63.2 Å². The molecule has 1 atom stereocenters. The molecule has 2 aromatic heterocycles. The molecule has 27 heavy (non-hydrogen) atoms. The average Bonchev–Trinajstić information content (AvgIpc) is 3.37. The smallest absolute Gasteiger partial charge is 0.284 e. The molecule has 3 rings (SSSR count). The first-order valence-corrected chi connectivity index (χ1v) is 9.75. The van der Waals surface area contributed by atoms with Crippen molar-refractivity contribution in [2.75, 3.05) is 7.11 Å². The number of hydrogen-bond acceptors (Lipinski definition) is 6. The van der Waals surface area contributed by atoms with Crippen LogP contribution in [0.15, 0.2) is 48.5 Å². The summed E-state index contributed by atoms with van der Waals surface area (Å²) in [7, 11) is 1.64. The Bertz CT molecular complexity index is 964. The Morgan fingerprint density at radius 1 is 1.00 bits per heavy atom. The number of hydrogen-bond donors (Lipinski definition) is 3. The van der Waals surface area contributed by atoms with Gasteiger partial charge in [-0.1, -0.05) is 12.1 Å². The first-order chi connectivity index (χ1) is 13.0. The number of hydroxylamine groups is 1. The fourth-order valence-corrected chi connectivity index (χ4v) is 4.39. The molecule has 6 nitrogen and oxygen atoms in total. The molecule has 3 aromatic rings. The van der Waals surface area contributed by atoms with E-state index < -0.39 is 5.91 Å². The Morgan fingerprint density at radius 2 is 1.70 bits per heavy atom. The van der Waals surface area contributed by atoms with Crippen molar-refractivity contribution in [2.45, 2.75) is 13.0 Å². The van der Waals surface area contributed by atoms with Crippen LogP contribution in [0.3, 0.4) is 0 Å². The predicted molar refractivity (Wildman–Crippen MR) is 106 cm³/mol. The molecule has 2 heterocycles. The van der Waals surface area contributed by atoms with Gasteiger partial charge in [-0.25, -0.2) is 5.48 Å². The van der Waals surface area contributed by atoms with Gasteiger partial charge in [0.25, 0.3) is 11.8 Å². The van der Waals surface area contributed by atoms with Crippen molar-refractivity contribution in [1.82, 2.24) is 10.8 Å². The molecule has 2 amide bonds. The molecule has 0 aliphatic carbocycles. The normalized spacial score (nSPS) is 11.7. The average molecular weight is 402 g/mol. The molecule has 140 valence electrons. The second-order valence-electron chi connectivity index (χ2n) is 5.70. The van der Waals surface area contributed by atoms with E-state index in [9.17, 15) is 9.59 Å². The summed E-state index contributed by atoms with van der Waals surface area (Å²) in [5, 5.41) is 11.6. The minimum Gasteiger partial charge on any atom is -0.496 e. The molecule has 3 N–H and O–H groups in total. The summed E-state index contributed by atoms with van der Waals surface area (Å²) >= 11 is 2.61. The lowest BCUT2D eigenvalue weighted by atomic mass is 10.1. The quantitative estimate of drug-likeness (QED) is 0.428. The number of rotatable bonds is 6. The van der Waals surface area contributed by atoms with Crippen molar-refractivity contribution in [1.29, 1.82) is 0 Å². The van der Waals surface area contributed by atoms with E-state index in [4.69, 9.17) is 9.94 Å². The van der Waals surface area contributed by atoms with Crippen LogP contribution in [-0.2, 0) is 0 Å². The van der Waals surface area contributed by atoms with Crippen molar-refractivity contribution in [3.63, 3.8) is 0 Å². The standard InChI is InChI=1S/C19H18N2O4S2/c1-11(20-18(22)16-9-10-17(27-16)19(23)21-24)14-7-8-15(26-14)12-5-3-4-6-13(12)25-2/h3-11,24H,1-2H3,(H,20,22)(H,21,23). The monoisotopic (exact) mass is 402 g/mol. The molecule has 0 saturated heterocycles. The van der Waals surface area contributed by atoms with Crippen LogP contribution in [0.4, 0.5) is 0 Å². The van der Waals surface area contributed by atoms with Crippen LogP contribution < -0.4 is 15.5 Å². The summed E-state index contributed by atoms with van der Waals surface area (Å²) in [6.45, 7) is 1.91. The van der Waals surface area contributed by atoms with Crippen LogP contribution in [0.2, 0.25) is 0 Å². The molecule has 0 aliphatic rings. The summed E-state index contributed by atoms with van der Waals surface area (Å²) in [6, 6.07) is 14.7. The number of carbonyl (C=O) groups excluding carboxylic acids is 2. The largest absolute Gasteiger partial charge is 0.496 e. The molecule has 8 heteroatoms. The van der Waals surface area contributed by atoms with Gasteiger partial charge in [0.05, 0.1) is 22.9 Å². The number of ether oxygens (including phenoxy) is 1. The molecule has 0 bridgehead atoms. The van der Waals surface area contributed by atoms with Gasteiger partial charge in [0.15, 0.2) is 0 Å². The number of benzene rings is 1. The van der Waals surface area contributed by atoms with Gasteiger partial charge >= 0.3 is 0 Å². The van der Waals surface area contributed by atoms with Crippen LogP contribution in [-0.4, -0.2) is 24.1 Å². The highest BCUT2D eigenvalue weighted by atomic mass is 32.1. The van der Waals surface area contributed by atoms with Crippen LogP contribution in [0.1, 0.15) is 37.2 Å². The third-order valence-corrected chi connectivity index (χ3v) is 6.31. The highest BCUT2D eigenvalue weighted by molar-refractivity contribution is 7.16. The van der Waals surface area contributed by atoms with E-state index >= 15 is 0 Å². The van der Waals surface area contributed by atoms with E-state index in [2.05, 4.69) is 5.32 Å². The van der Waals surface area contributed by atoms with Gasteiger partial charge in [-0.05, 0) is 43.3 Å². The van der Waals surface area contributed by atoms with Gasteiger partial charge in [-0.3, -0.25) is 14.8 Å². The lowest BCUT2D eigenvalue weighted by molar-refractivity contribution is 0.0711. The van der Waals surface area contributed by atoms with Gasteiger partial charge in [0.1, 0.15) is 5.75 Å². The van der Waals surface area contributed by atoms with E-state index in [1.807, 2.05) is 43.3 Å². The SMILES string of the molecule is COc1ccccc1-c1ccc(C(C)NC(=O)c2ccc(C(=O)NO)s2)s1. The maximum atomic E-state index is 12.4. The van der Waals surface area contributed by atoms with E-state index in [-0.39, 0.29) is 16.8 Å². The Balaban J connectivity index is 1.72. The van der Waals surface area contributed by atoms with Crippen LogP contribution >= 0.6 is 22.7 Å². The number of nitrogens with one attached hydrogen (secondary N) is 2. The van der Waals surface area contributed by atoms with Gasteiger partial charge in [-0.2, -0.15) is 0 Å². The zero-order valence-electron chi connectivity index (χ0n) is 14.7. The maximum Gasteiger partial charge on any atom is 0.284 e. The number of thiophene rings is 2. The van der Waals surface area contributed by atoms with Crippen LogP contribution in [0.25, 0.3) is 10.4 Å². The lowest BCUT2D eigenvalue weighted by Gasteiger charge is -2.11. The van der Waals surface area contributed by atoms with Crippen molar-refractivity contribution >= 4 is 34.5 Å². The summed E-state index contributed by atoms with van der Waals surface area (Å²) in [4.78, 5) is 26.5. The number of methoxy groups -OCH3 is 1. The zero-order chi connectivity index (χ0) is 19.4. The van der Waals surface area contributed by atoms with E-state index in [1.165, 1.54) is 6.07 Å². The van der Waals surface area contributed by atoms with Crippen molar-refractivity contribution in [3.8, 4) is 16.2 Å². The van der Waals surface area contributed by atoms with Gasteiger partial charge in [0.2, 0.25) is 0 Å². The second kappa shape index (κ2) is 8.34. The molecule has 1 aromatic carbocycles. The summed E-state index contributed by atoms with van der Waals surface area (Å²) in [5.41, 5.74) is 2.57. The molecule has 0 saturated carbocycles. The fraction of sp³-hybridized carbons (Fsp3) is 0.158. The van der Waals surface area contributed by atoms with Gasteiger partial charge in [-0.15, -0.1) is 22.7 Å². The van der Waals surface area contributed by atoms with Crippen molar-refractivity contribution in [2.24, 2.45) is 0 Å². The summed E-state index contributed by atoms with van der Waals surface area (Å²) in [6.07, 6.45) is 0. The van der Waals surface area contributed by atoms with Gasteiger partial charge < -0.3 is 10.1 Å². The zero-order valence-corrected chi connectivity index (χ0v) is 16.3. The van der Waals surface area contributed by atoms with E-state index in [1.54, 1.807) is 30.0 Å². The second-order valence-corrected chi connectivity index (χ2v) is 7.90. The summed E-state index contributed by atoms with van der Waals surface area (Å²) < 4.78 is 5.41. The lowest BCUT2D eigenvalue weighted by Crippen LogP contribution is -2.25. The van der Waals surface area contributed by atoms with E-state index in [0.717, 1.165) is 32.4 Å². The maximum absolute atomic E-state index is 12.4. The highest BCUT2D eigenvalue weighted by Crippen LogP contribution is 2.36. The number of para-hydroxylation sites is 1. The summed E-state index contributed by atoms with van der Waals surface area (Å²) in [5.74, 6) is -0.0978. The van der Waals surface area contributed by atoms with Gasteiger partial charge in [0, 0.05) is 15.3 Å². The molecular weight excluding hydrogens is 384 g/mol. The van der Waals surface area contributed by atoms with Crippen LogP contribution in [0.5, 0.6) is 5.75 Å². The Kier molecular flexibility index (Phi) is 5.90. The van der Waals surface area contributed by atoms with E-state index in [0.29, 0.717) is 4.88 Å². The fourth-order valence-electron chi connectivity index (χ4n) is 2.55. The predicted octanol–water partition coefficient (Wildman–Crippen LogP) is 4.10. The third-order valence-electron chi connectivity index (χ3n) is 3.93.